The van der Waals surface area contributed by atoms with Crippen molar-refractivity contribution in [2.75, 3.05) is 75.8 Å². The Morgan fingerprint density at radius 3 is 1.25 bits per heavy atom. The summed E-state index contributed by atoms with van der Waals surface area (Å²) in [6.07, 6.45) is 2.96. The predicted octanol–water partition coefficient (Wildman–Crippen LogP) is 4.16. The molecular formula is C66H84N6O17. The molecule has 6 amide bonds. The van der Waals surface area contributed by atoms with E-state index in [0.717, 1.165) is 35.5 Å². The molecule has 0 unspecified atom stereocenters. The minimum Gasteiger partial charge on any atom is -0.481 e. The second-order valence-electron chi connectivity index (χ2n) is 21.9. The van der Waals surface area contributed by atoms with E-state index in [4.69, 9.17) is 34.0 Å². The number of benzene rings is 4. The summed E-state index contributed by atoms with van der Waals surface area (Å²) < 4.78 is 16.9. The van der Waals surface area contributed by atoms with Crippen LogP contribution in [0.1, 0.15) is 55.9 Å². The number of hydrogen-bond acceptors (Lipinski definition) is 16. The van der Waals surface area contributed by atoms with Crippen molar-refractivity contribution < 1.29 is 82.0 Å². The molecule has 5 saturated heterocycles. The Morgan fingerprint density at radius 1 is 0.528 bits per heavy atom. The number of aliphatic carboxylic acids is 1. The number of nitrogens with zero attached hydrogens (tertiary/aromatic N) is 6. The minimum atomic E-state index is -1.08. The number of carboxylic acids is 1. The zero-order chi connectivity index (χ0) is 66.1. The van der Waals surface area contributed by atoms with E-state index in [-0.39, 0.29) is 96.5 Å². The van der Waals surface area contributed by atoms with Crippen molar-refractivity contribution in [1.29, 1.82) is 0 Å². The van der Waals surface area contributed by atoms with E-state index in [1.165, 1.54) is 42.0 Å². The number of hydrogen-bond donors (Lipinski definition) is 2. The molecule has 0 spiro atoms. The van der Waals surface area contributed by atoms with Crippen LogP contribution >= 0.6 is 0 Å². The largest absolute Gasteiger partial charge is 0.481 e. The summed E-state index contributed by atoms with van der Waals surface area (Å²) in [5.41, 5.74) is 4.98. The monoisotopic (exact) mass is 1230 g/mol. The highest BCUT2D eigenvalue weighted by molar-refractivity contribution is 6.13. The van der Waals surface area contributed by atoms with Crippen molar-refractivity contribution in [2.24, 2.45) is 29.6 Å². The predicted molar refractivity (Wildman–Crippen MR) is 324 cm³/mol. The van der Waals surface area contributed by atoms with Gasteiger partial charge in [0.2, 0.25) is 29.5 Å². The van der Waals surface area contributed by atoms with Gasteiger partial charge in [-0.25, -0.2) is 5.06 Å². The van der Waals surface area contributed by atoms with Crippen LogP contribution in [-0.2, 0) is 98.0 Å². The number of amides is 6. The summed E-state index contributed by atoms with van der Waals surface area (Å²) >= 11 is 0. The standard InChI is InChI=1S/C20H23NO2.C16H19NO3.C13H15NO4.C8H14N2O4.C8H13NO2.CO2/c1-21-19(15-23-14-17-10-6-3-7-11-17)18(20(21)22)13-12-16-8-4-2-5-9-16;1-11(2)15(18)14-13(17(3)16(14)19)10-20-9-12-7-5-4-6-8-12;1-14-10(11(12(14)15)13(16)17)8-18-7-9-5-3-2-4-6-9;1-9-5(4-11)6(7(9)12)8(13)10(2)14-3;1-4-6-7(5(2)10)8(11)9(6)3;2-1-3/h2-11,18-19H,12-15H2,1H3;4-8,13-14H,1,9-10H2,2-3H3;2-6,10-11H,7-8H2,1H3,(H,16,17);5-6,11H,4H2,1-3H3;6-7H,4H2,1-3H3;/t18-,19-;13-,14+;10-,11-;5-,6-;6-,7+;/m00100./s1. The number of rotatable bonds is 23. The van der Waals surface area contributed by atoms with Gasteiger partial charge in [-0.05, 0) is 60.9 Å². The van der Waals surface area contributed by atoms with Gasteiger partial charge < -0.3 is 48.9 Å². The normalized spacial score (nSPS) is 22.6. The SMILES string of the molecule is C=C(C)C(=O)[C@@H]1C(=O)N(C)[C@H]1COCc1ccccc1.CC[C@H]1[C@@H](C(C)=O)C(=O)N1C.CN1C(=O)[C@@H](CCc2ccccc2)[C@@H]1COCc1ccccc1.CN1C(=O)[C@H](C(=O)O)[C@H]1COCc1ccccc1.CON(C)C(=O)[C@@H]1C(=O)N(C)[C@H]1CO.O=C=O. The second-order valence-corrected chi connectivity index (χ2v) is 21.9. The van der Waals surface area contributed by atoms with Gasteiger partial charge in [0.25, 0.3) is 5.91 Å². The molecule has 5 aliphatic rings. The molecule has 0 bridgehead atoms. The molecule has 23 nitrogen and oxygen atoms in total. The van der Waals surface area contributed by atoms with E-state index in [0.29, 0.717) is 38.6 Å². The third-order valence-electron chi connectivity index (χ3n) is 16.3. The first-order chi connectivity index (χ1) is 42.4. The molecule has 0 saturated carbocycles. The Labute approximate surface area is 520 Å². The first-order valence-electron chi connectivity index (χ1n) is 29.0. The molecule has 2 N–H and O–H groups in total. The maximum atomic E-state index is 12.1. The Hall–Kier alpha value is -8.57. The number of carbonyl (C=O) groups is 9. The topological polar surface area (TPSA) is 285 Å². The number of likely N-dealkylation sites (tertiary alicyclic amines) is 5. The Kier molecular flexibility index (Phi) is 29.5. The number of allylic oxidation sites excluding steroid dienone is 1. The van der Waals surface area contributed by atoms with Crippen molar-refractivity contribution in [3.05, 3.63) is 156 Å². The van der Waals surface area contributed by atoms with Crippen LogP contribution in [0.3, 0.4) is 0 Å². The lowest BCUT2D eigenvalue weighted by Gasteiger charge is -2.45. The number of β-lactam (4-membered cyclic amide) rings is 5. The molecule has 9 rings (SSSR count). The van der Waals surface area contributed by atoms with E-state index < -0.39 is 35.7 Å². The molecule has 89 heavy (non-hydrogen) atoms. The van der Waals surface area contributed by atoms with E-state index in [9.17, 15) is 43.2 Å². The maximum Gasteiger partial charge on any atom is 0.373 e. The van der Waals surface area contributed by atoms with Crippen LogP contribution in [-0.4, -0.2) is 205 Å². The van der Waals surface area contributed by atoms with Gasteiger partial charge in [0.15, 0.2) is 11.7 Å². The van der Waals surface area contributed by atoms with E-state index in [1.807, 2.05) is 116 Å². The average molecular weight is 1230 g/mol. The Bertz CT molecular complexity index is 3040. The molecule has 23 heteroatoms. The van der Waals surface area contributed by atoms with Crippen LogP contribution in [0.5, 0.6) is 0 Å². The summed E-state index contributed by atoms with van der Waals surface area (Å²) in [6, 6.07) is 39.3. The van der Waals surface area contributed by atoms with Crippen LogP contribution in [0.2, 0.25) is 0 Å². The molecule has 0 radical (unpaired) electrons. The summed E-state index contributed by atoms with van der Waals surface area (Å²) in [4.78, 5) is 132. The summed E-state index contributed by atoms with van der Waals surface area (Å²) in [7, 11) is 11.2. The highest BCUT2D eigenvalue weighted by Crippen LogP contribution is 2.32. The van der Waals surface area contributed by atoms with Gasteiger partial charge >= 0.3 is 12.1 Å². The van der Waals surface area contributed by atoms with Crippen molar-refractivity contribution in [3.63, 3.8) is 0 Å². The molecule has 5 heterocycles. The van der Waals surface area contributed by atoms with Gasteiger partial charge in [0.1, 0.15) is 23.5 Å². The first-order valence-corrected chi connectivity index (χ1v) is 29.0. The van der Waals surface area contributed by atoms with E-state index in [1.54, 1.807) is 44.9 Å². The maximum absolute atomic E-state index is 12.1. The number of aryl methyl sites for hydroxylation is 1. The lowest BCUT2D eigenvalue weighted by Crippen LogP contribution is -2.65. The van der Waals surface area contributed by atoms with Gasteiger partial charge in [-0.3, -0.25) is 48.0 Å². The van der Waals surface area contributed by atoms with Crippen molar-refractivity contribution in [3.8, 4) is 0 Å². The van der Waals surface area contributed by atoms with Crippen molar-refractivity contribution >= 4 is 59.1 Å². The molecule has 0 aliphatic carbocycles. The zero-order valence-corrected chi connectivity index (χ0v) is 52.3. The average Bonchev–Trinajstić information content (AvgIpc) is 1.86. The van der Waals surface area contributed by atoms with Gasteiger partial charge in [-0.2, -0.15) is 9.59 Å². The van der Waals surface area contributed by atoms with E-state index in [2.05, 4.69) is 35.7 Å². The molecule has 480 valence electrons. The minimum absolute atomic E-state index is 0.0000463. The fraction of sp³-hybridized carbons (Fsp3) is 0.455. The number of hydroxylamine groups is 2. The number of aliphatic hydroxyl groups is 1. The molecule has 4 aromatic rings. The summed E-state index contributed by atoms with van der Waals surface area (Å²) in [5.74, 6) is -4.85. The number of Topliss-reactive ketones (excluding diaryl/α,β-unsaturated/α-hetero) is 2. The highest BCUT2D eigenvalue weighted by Gasteiger charge is 2.52. The first kappa shape index (κ1) is 72.9. The second kappa shape index (κ2) is 36.0. The molecule has 10 atom stereocenters. The van der Waals surface area contributed by atoms with Gasteiger partial charge in [-0.1, -0.05) is 135 Å². The Balaban J connectivity index is 0.000000240. The number of likely N-dealkylation sites (N-methyl/N-ethyl adjacent to an activating group) is 4. The number of ether oxygens (including phenoxy) is 3. The van der Waals surface area contributed by atoms with Crippen LogP contribution in [0.25, 0.3) is 0 Å². The number of carboxylic acid groups (broad SMARTS) is 1. The quantitative estimate of drug-likeness (QED) is 0.0456. The molecular weight excluding hydrogens is 1150 g/mol. The van der Waals surface area contributed by atoms with Crippen molar-refractivity contribution in [1.82, 2.24) is 29.6 Å². The molecule has 4 aromatic carbocycles. The van der Waals surface area contributed by atoms with Crippen LogP contribution in [0, 0.1) is 29.6 Å². The number of ketones is 2. The number of aliphatic hydroxyl groups excluding tert-OH is 1. The van der Waals surface area contributed by atoms with Crippen LogP contribution < -0.4 is 0 Å². The highest BCUT2D eigenvalue weighted by atomic mass is 16.7. The van der Waals surface area contributed by atoms with Gasteiger partial charge in [0.05, 0.1) is 83.4 Å². The van der Waals surface area contributed by atoms with E-state index >= 15 is 0 Å². The third-order valence-corrected chi connectivity index (χ3v) is 16.3. The summed E-state index contributed by atoms with van der Waals surface area (Å²) in [5, 5.41) is 18.8. The van der Waals surface area contributed by atoms with Gasteiger partial charge in [-0.15, -0.1) is 0 Å². The third kappa shape index (κ3) is 19.5. The molecule has 5 fully saturated rings. The van der Waals surface area contributed by atoms with Crippen LogP contribution in [0.4, 0.5) is 0 Å². The lowest BCUT2D eigenvalue weighted by molar-refractivity contribution is -0.192. The van der Waals surface area contributed by atoms with Crippen molar-refractivity contribution in [2.45, 2.75) is 90.1 Å². The molecule has 5 aliphatic heterocycles. The van der Waals surface area contributed by atoms with Gasteiger partial charge in [0, 0.05) is 48.3 Å². The molecule has 0 aromatic heterocycles. The zero-order valence-electron chi connectivity index (χ0n) is 52.3. The number of carbonyl (C=O) groups excluding carboxylic acids is 10. The lowest BCUT2D eigenvalue weighted by atomic mass is 9.82. The summed E-state index contributed by atoms with van der Waals surface area (Å²) in [6.45, 7) is 11.2. The smallest absolute Gasteiger partial charge is 0.373 e. The van der Waals surface area contributed by atoms with Crippen LogP contribution in [0.15, 0.2) is 133 Å². The Morgan fingerprint density at radius 2 is 0.876 bits per heavy atom. The fourth-order valence-corrected chi connectivity index (χ4v) is 10.6. The fourth-order valence-electron chi connectivity index (χ4n) is 10.6.